The Labute approximate surface area is 117 Å². The summed E-state index contributed by atoms with van der Waals surface area (Å²) >= 11 is 0. The summed E-state index contributed by atoms with van der Waals surface area (Å²) in [5, 5.41) is 4.06. The van der Waals surface area contributed by atoms with Crippen molar-refractivity contribution in [2.45, 2.75) is 13.8 Å². The molecule has 0 bridgehead atoms. The quantitative estimate of drug-likeness (QED) is 0.719. The van der Waals surface area contributed by atoms with Crippen LogP contribution in [-0.4, -0.2) is 10.1 Å². The number of hydrogen-bond acceptors (Lipinski definition) is 4. The SMILES string of the molecule is Cc1ccc(C)c(-c2noc(-c3ccccc3N)n2)c1. The van der Waals surface area contributed by atoms with Crippen LogP contribution in [0.5, 0.6) is 0 Å². The maximum absolute atomic E-state index is 5.93. The van der Waals surface area contributed by atoms with Gasteiger partial charge in [0.1, 0.15) is 0 Å². The number of benzene rings is 2. The molecule has 1 heterocycles. The third kappa shape index (κ3) is 2.16. The number of aromatic nitrogens is 2. The van der Waals surface area contributed by atoms with Crippen molar-refractivity contribution >= 4 is 5.69 Å². The van der Waals surface area contributed by atoms with Crippen LogP contribution >= 0.6 is 0 Å². The van der Waals surface area contributed by atoms with E-state index in [4.69, 9.17) is 10.3 Å². The van der Waals surface area contributed by atoms with Gasteiger partial charge in [-0.25, -0.2) is 0 Å². The normalized spacial score (nSPS) is 10.7. The van der Waals surface area contributed by atoms with Gasteiger partial charge in [-0.15, -0.1) is 0 Å². The van der Waals surface area contributed by atoms with Crippen LogP contribution in [-0.2, 0) is 0 Å². The predicted octanol–water partition coefficient (Wildman–Crippen LogP) is 3.60. The number of para-hydroxylation sites is 1. The van der Waals surface area contributed by atoms with Gasteiger partial charge in [-0.05, 0) is 37.6 Å². The van der Waals surface area contributed by atoms with Gasteiger partial charge in [0.25, 0.3) is 5.89 Å². The summed E-state index contributed by atoms with van der Waals surface area (Å²) in [7, 11) is 0. The zero-order chi connectivity index (χ0) is 14.1. The molecule has 0 atom stereocenters. The van der Waals surface area contributed by atoms with Crippen LogP contribution in [0.1, 0.15) is 11.1 Å². The molecule has 0 fully saturated rings. The first kappa shape index (κ1) is 12.4. The first-order valence-corrected chi connectivity index (χ1v) is 6.41. The van der Waals surface area contributed by atoms with Gasteiger partial charge in [0, 0.05) is 11.3 Å². The van der Waals surface area contributed by atoms with Gasteiger partial charge in [0.05, 0.1) is 5.56 Å². The highest BCUT2D eigenvalue weighted by atomic mass is 16.5. The average molecular weight is 265 g/mol. The van der Waals surface area contributed by atoms with Crippen molar-refractivity contribution in [1.82, 2.24) is 10.1 Å². The maximum atomic E-state index is 5.93. The molecule has 1 aromatic heterocycles. The summed E-state index contributed by atoms with van der Waals surface area (Å²) in [6, 6.07) is 13.6. The second-order valence-corrected chi connectivity index (χ2v) is 4.83. The second kappa shape index (κ2) is 4.81. The van der Waals surface area contributed by atoms with E-state index in [0.29, 0.717) is 17.4 Å². The summed E-state index contributed by atoms with van der Waals surface area (Å²) in [6.45, 7) is 4.07. The fraction of sp³-hybridized carbons (Fsp3) is 0.125. The molecule has 0 radical (unpaired) electrons. The lowest BCUT2D eigenvalue weighted by atomic mass is 10.1. The van der Waals surface area contributed by atoms with Crippen molar-refractivity contribution in [3.8, 4) is 22.8 Å². The number of aryl methyl sites for hydroxylation is 2. The standard InChI is InChI=1S/C16H15N3O/c1-10-7-8-11(2)13(9-10)15-18-16(20-19-15)12-5-3-4-6-14(12)17/h3-9H,17H2,1-2H3. The van der Waals surface area contributed by atoms with Crippen LogP contribution in [0.2, 0.25) is 0 Å². The van der Waals surface area contributed by atoms with Crippen LogP contribution < -0.4 is 5.73 Å². The van der Waals surface area contributed by atoms with Crippen LogP contribution in [0.15, 0.2) is 47.0 Å². The van der Waals surface area contributed by atoms with Crippen LogP contribution in [0.3, 0.4) is 0 Å². The van der Waals surface area contributed by atoms with Gasteiger partial charge in [-0.2, -0.15) is 4.98 Å². The molecule has 2 N–H and O–H groups in total. The van der Waals surface area contributed by atoms with Gasteiger partial charge < -0.3 is 10.3 Å². The Hall–Kier alpha value is -2.62. The van der Waals surface area contributed by atoms with Gasteiger partial charge in [0.2, 0.25) is 5.82 Å². The minimum Gasteiger partial charge on any atom is -0.398 e. The van der Waals surface area contributed by atoms with Crippen molar-refractivity contribution in [2.24, 2.45) is 0 Å². The lowest BCUT2D eigenvalue weighted by Crippen LogP contribution is -1.90. The summed E-state index contributed by atoms with van der Waals surface area (Å²) in [5.74, 6) is 1.03. The number of nitrogen functional groups attached to an aromatic ring is 1. The highest BCUT2D eigenvalue weighted by Crippen LogP contribution is 2.28. The molecule has 0 saturated carbocycles. The van der Waals surface area contributed by atoms with Crippen LogP contribution in [0.25, 0.3) is 22.8 Å². The molecule has 100 valence electrons. The predicted molar refractivity (Wildman–Crippen MR) is 79.1 cm³/mol. The van der Waals surface area contributed by atoms with Crippen LogP contribution in [0, 0.1) is 13.8 Å². The number of hydrogen-bond donors (Lipinski definition) is 1. The second-order valence-electron chi connectivity index (χ2n) is 4.83. The van der Waals surface area contributed by atoms with Crippen molar-refractivity contribution in [2.75, 3.05) is 5.73 Å². The lowest BCUT2D eigenvalue weighted by Gasteiger charge is -2.01. The first-order valence-electron chi connectivity index (χ1n) is 6.41. The van der Waals surface area contributed by atoms with Gasteiger partial charge >= 0.3 is 0 Å². The van der Waals surface area contributed by atoms with E-state index in [2.05, 4.69) is 28.3 Å². The summed E-state index contributed by atoms with van der Waals surface area (Å²) in [4.78, 5) is 4.46. The van der Waals surface area contributed by atoms with E-state index >= 15 is 0 Å². The molecule has 3 aromatic rings. The van der Waals surface area contributed by atoms with E-state index < -0.39 is 0 Å². The Morgan fingerprint density at radius 2 is 1.80 bits per heavy atom. The minimum absolute atomic E-state index is 0.444. The third-order valence-electron chi connectivity index (χ3n) is 3.25. The Morgan fingerprint density at radius 1 is 1.00 bits per heavy atom. The van der Waals surface area contributed by atoms with E-state index in [-0.39, 0.29) is 0 Å². The number of rotatable bonds is 2. The molecular weight excluding hydrogens is 250 g/mol. The molecule has 0 aliphatic carbocycles. The highest BCUT2D eigenvalue weighted by molar-refractivity contribution is 5.71. The lowest BCUT2D eigenvalue weighted by molar-refractivity contribution is 0.432. The Kier molecular flexibility index (Phi) is 2.99. The first-order chi connectivity index (χ1) is 9.65. The third-order valence-corrected chi connectivity index (χ3v) is 3.25. The zero-order valence-electron chi connectivity index (χ0n) is 11.4. The molecule has 0 aliphatic heterocycles. The van der Waals surface area contributed by atoms with Gasteiger partial charge in [-0.1, -0.05) is 35.0 Å². The van der Waals surface area contributed by atoms with Crippen molar-refractivity contribution in [1.29, 1.82) is 0 Å². The molecule has 0 unspecified atom stereocenters. The van der Waals surface area contributed by atoms with Gasteiger partial charge in [0.15, 0.2) is 0 Å². The van der Waals surface area contributed by atoms with Gasteiger partial charge in [-0.3, -0.25) is 0 Å². The van der Waals surface area contributed by atoms with Crippen molar-refractivity contribution in [3.63, 3.8) is 0 Å². The largest absolute Gasteiger partial charge is 0.398 e. The van der Waals surface area contributed by atoms with Crippen molar-refractivity contribution in [3.05, 3.63) is 53.6 Å². The summed E-state index contributed by atoms with van der Waals surface area (Å²) < 4.78 is 5.34. The fourth-order valence-corrected chi connectivity index (χ4v) is 2.11. The Morgan fingerprint density at radius 3 is 2.60 bits per heavy atom. The van der Waals surface area contributed by atoms with E-state index in [9.17, 15) is 0 Å². The van der Waals surface area contributed by atoms with E-state index in [1.54, 1.807) is 0 Å². The molecule has 4 heteroatoms. The Balaban J connectivity index is 2.07. The maximum Gasteiger partial charge on any atom is 0.260 e. The van der Waals surface area contributed by atoms with E-state index in [0.717, 1.165) is 22.3 Å². The summed E-state index contributed by atoms with van der Waals surface area (Å²) in [5.41, 5.74) is 10.6. The summed E-state index contributed by atoms with van der Waals surface area (Å²) in [6.07, 6.45) is 0. The zero-order valence-corrected chi connectivity index (χ0v) is 11.4. The molecule has 2 aromatic carbocycles. The highest BCUT2D eigenvalue weighted by Gasteiger charge is 2.14. The molecule has 3 rings (SSSR count). The fourth-order valence-electron chi connectivity index (χ4n) is 2.11. The smallest absolute Gasteiger partial charge is 0.260 e. The number of anilines is 1. The molecule has 0 saturated heterocycles. The minimum atomic E-state index is 0.444. The number of nitrogens with zero attached hydrogens (tertiary/aromatic N) is 2. The molecular formula is C16H15N3O. The monoisotopic (exact) mass is 265 g/mol. The molecule has 0 spiro atoms. The Bertz CT molecular complexity index is 762. The average Bonchev–Trinajstić information content (AvgIpc) is 2.91. The molecule has 20 heavy (non-hydrogen) atoms. The number of nitrogens with two attached hydrogens (primary N) is 1. The molecule has 4 nitrogen and oxygen atoms in total. The van der Waals surface area contributed by atoms with E-state index in [1.807, 2.05) is 38.1 Å². The molecule has 0 aliphatic rings. The van der Waals surface area contributed by atoms with Crippen molar-refractivity contribution < 1.29 is 4.52 Å². The topological polar surface area (TPSA) is 64.9 Å². The molecule has 0 amide bonds. The van der Waals surface area contributed by atoms with E-state index in [1.165, 1.54) is 0 Å². The van der Waals surface area contributed by atoms with Crippen LogP contribution in [0.4, 0.5) is 5.69 Å².